The molecule has 1 fully saturated rings. The van der Waals surface area contributed by atoms with E-state index in [-0.39, 0.29) is 25.7 Å². The third-order valence-corrected chi connectivity index (χ3v) is 2.48. The lowest BCUT2D eigenvalue weighted by atomic mass is 9.79. The van der Waals surface area contributed by atoms with Crippen molar-refractivity contribution in [1.29, 1.82) is 5.26 Å². The lowest BCUT2D eigenvalue weighted by molar-refractivity contribution is -0.188. The van der Waals surface area contributed by atoms with E-state index in [1.807, 2.05) is 0 Å². The Hall–Kier alpha value is -0.760. The molecule has 2 nitrogen and oxygen atoms in total. The van der Waals surface area contributed by atoms with Crippen LogP contribution in [0.1, 0.15) is 25.7 Å². The van der Waals surface area contributed by atoms with E-state index in [2.05, 4.69) is 0 Å². The first kappa shape index (κ1) is 10.3. The topological polar surface area (TPSA) is 44.0 Å². The zero-order valence-corrected chi connectivity index (χ0v) is 6.93. The van der Waals surface area contributed by atoms with E-state index < -0.39 is 17.7 Å². The van der Waals surface area contributed by atoms with E-state index in [1.165, 1.54) is 0 Å². The molecule has 0 unspecified atom stereocenters. The molecule has 74 valence electrons. The predicted molar refractivity (Wildman–Crippen MR) is 38.6 cm³/mol. The lowest BCUT2D eigenvalue weighted by Gasteiger charge is -2.31. The number of rotatable bonds is 0. The molecule has 1 saturated carbocycles. The molecule has 0 radical (unpaired) electrons. The summed E-state index contributed by atoms with van der Waals surface area (Å²) < 4.78 is 36.4. The predicted octanol–water partition coefficient (Wildman–Crippen LogP) is 1.99. The second-order valence-corrected chi connectivity index (χ2v) is 3.46. The highest BCUT2D eigenvalue weighted by Crippen LogP contribution is 2.40. The van der Waals surface area contributed by atoms with Crippen LogP contribution in [-0.4, -0.2) is 16.9 Å². The van der Waals surface area contributed by atoms with Gasteiger partial charge in [-0.25, -0.2) is 0 Å². The molecule has 0 amide bonds. The number of halogens is 3. The number of alkyl halides is 3. The fourth-order valence-corrected chi connectivity index (χ4v) is 1.53. The zero-order valence-electron chi connectivity index (χ0n) is 6.93. The minimum Gasteiger partial charge on any atom is -0.375 e. The Kier molecular flexibility index (Phi) is 2.53. The first-order valence-electron chi connectivity index (χ1n) is 4.08. The molecule has 1 N–H and O–H groups in total. The van der Waals surface area contributed by atoms with Crippen molar-refractivity contribution in [1.82, 2.24) is 0 Å². The summed E-state index contributed by atoms with van der Waals surface area (Å²) in [6.07, 6.45) is -4.63. The Bertz CT molecular complexity index is 223. The van der Waals surface area contributed by atoms with Crippen LogP contribution in [0.3, 0.4) is 0 Å². The normalized spacial score (nSPS) is 35.5. The quantitative estimate of drug-likeness (QED) is 0.598. The average molecular weight is 193 g/mol. The van der Waals surface area contributed by atoms with Crippen molar-refractivity contribution in [2.24, 2.45) is 5.92 Å². The number of hydrogen-bond donors (Lipinski definition) is 1. The fourth-order valence-electron chi connectivity index (χ4n) is 1.53. The standard InChI is InChI=1S/C8H10F3NO/c9-8(10,11)6-1-3-7(13,5-12)4-2-6/h6,13H,1-4H2. The minimum absolute atomic E-state index is 0.0757. The number of aliphatic hydroxyl groups is 1. The van der Waals surface area contributed by atoms with E-state index in [4.69, 9.17) is 5.26 Å². The van der Waals surface area contributed by atoms with Gasteiger partial charge in [-0.05, 0) is 25.7 Å². The Morgan fingerprint density at radius 1 is 1.31 bits per heavy atom. The molecule has 0 bridgehead atoms. The van der Waals surface area contributed by atoms with Crippen LogP contribution in [-0.2, 0) is 0 Å². The average Bonchev–Trinajstić information content (AvgIpc) is 2.04. The highest BCUT2D eigenvalue weighted by Gasteiger charge is 2.45. The SMILES string of the molecule is N#CC1(O)CCC(C(F)(F)F)CC1. The maximum atomic E-state index is 12.1. The van der Waals surface area contributed by atoms with Crippen LogP contribution in [0.2, 0.25) is 0 Å². The molecule has 0 heterocycles. The summed E-state index contributed by atoms with van der Waals surface area (Å²) in [6, 6.07) is 1.64. The fraction of sp³-hybridized carbons (Fsp3) is 0.875. The van der Waals surface area contributed by atoms with Gasteiger partial charge < -0.3 is 5.11 Å². The van der Waals surface area contributed by atoms with Gasteiger partial charge >= 0.3 is 6.18 Å². The van der Waals surface area contributed by atoms with E-state index in [1.54, 1.807) is 6.07 Å². The Labute approximate surface area is 74.0 Å². The van der Waals surface area contributed by atoms with Crippen LogP contribution >= 0.6 is 0 Å². The Morgan fingerprint density at radius 2 is 1.77 bits per heavy atom. The van der Waals surface area contributed by atoms with Crippen LogP contribution in [0.5, 0.6) is 0 Å². The second-order valence-electron chi connectivity index (χ2n) is 3.46. The largest absolute Gasteiger partial charge is 0.391 e. The van der Waals surface area contributed by atoms with Crippen molar-refractivity contribution in [2.45, 2.75) is 37.5 Å². The summed E-state index contributed by atoms with van der Waals surface area (Å²) in [4.78, 5) is 0. The monoisotopic (exact) mass is 193 g/mol. The van der Waals surface area contributed by atoms with Crippen LogP contribution in [0.4, 0.5) is 13.2 Å². The summed E-state index contributed by atoms with van der Waals surface area (Å²) in [5, 5.41) is 17.8. The number of nitriles is 1. The third kappa shape index (κ3) is 2.34. The highest BCUT2D eigenvalue weighted by atomic mass is 19.4. The van der Waals surface area contributed by atoms with Crippen molar-refractivity contribution < 1.29 is 18.3 Å². The van der Waals surface area contributed by atoms with Crippen LogP contribution < -0.4 is 0 Å². The number of hydrogen-bond acceptors (Lipinski definition) is 2. The first-order chi connectivity index (χ1) is 5.87. The van der Waals surface area contributed by atoms with Crippen molar-refractivity contribution >= 4 is 0 Å². The molecule has 0 atom stereocenters. The number of nitrogens with zero attached hydrogens (tertiary/aromatic N) is 1. The van der Waals surface area contributed by atoms with Gasteiger partial charge in [-0.1, -0.05) is 0 Å². The summed E-state index contributed by atoms with van der Waals surface area (Å²) in [6.45, 7) is 0. The Morgan fingerprint density at radius 3 is 2.08 bits per heavy atom. The summed E-state index contributed by atoms with van der Waals surface area (Å²) in [5.74, 6) is -1.35. The van der Waals surface area contributed by atoms with Crippen LogP contribution in [0.25, 0.3) is 0 Å². The molecule has 0 aliphatic heterocycles. The molecule has 13 heavy (non-hydrogen) atoms. The highest BCUT2D eigenvalue weighted by molar-refractivity contribution is 5.03. The smallest absolute Gasteiger partial charge is 0.375 e. The molecule has 0 aromatic heterocycles. The minimum atomic E-state index is -4.18. The van der Waals surface area contributed by atoms with E-state index in [0.717, 1.165) is 0 Å². The van der Waals surface area contributed by atoms with Crippen molar-refractivity contribution in [2.75, 3.05) is 0 Å². The first-order valence-corrected chi connectivity index (χ1v) is 4.08. The van der Waals surface area contributed by atoms with Gasteiger partial charge in [-0.15, -0.1) is 0 Å². The van der Waals surface area contributed by atoms with Gasteiger partial charge in [-0.3, -0.25) is 0 Å². The van der Waals surface area contributed by atoms with Crippen LogP contribution in [0, 0.1) is 17.2 Å². The molecule has 0 aromatic rings. The van der Waals surface area contributed by atoms with E-state index in [0.29, 0.717) is 0 Å². The van der Waals surface area contributed by atoms with Gasteiger partial charge in [0.1, 0.15) is 0 Å². The van der Waals surface area contributed by atoms with Crippen LogP contribution in [0.15, 0.2) is 0 Å². The lowest BCUT2D eigenvalue weighted by Crippen LogP contribution is -2.37. The molecule has 5 heteroatoms. The van der Waals surface area contributed by atoms with Gasteiger partial charge in [0.2, 0.25) is 0 Å². The summed E-state index contributed by atoms with van der Waals surface area (Å²) in [5.41, 5.74) is -1.53. The van der Waals surface area contributed by atoms with Crippen molar-refractivity contribution in [3.8, 4) is 6.07 Å². The molecule has 0 spiro atoms. The molecule has 1 aliphatic carbocycles. The van der Waals surface area contributed by atoms with Gasteiger partial charge in [-0.2, -0.15) is 18.4 Å². The molecular formula is C8H10F3NO. The van der Waals surface area contributed by atoms with Crippen molar-refractivity contribution in [3.63, 3.8) is 0 Å². The molecule has 0 aromatic carbocycles. The molecule has 1 rings (SSSR count). The maximum absolute atomic E-state index is 12.1. The molecule has 1 aliphatic rings. The Balaban J connectivity index is 2.54. The maximum Gasteiger partial charge on any atom is 0.391 e. The summed E-state index contributed by atoms with van der Waals surface area (Å²) >= 11 is 0. The molecule has 0 saturated heterocycles. The van der Waals surface area contributed by atoms with Gasteiger partial charge in [0.25, 0.3) is 0 Å². The zero-order chi connectivity index (χ0) is 10.1. The van der Waals surface area contributed by atoms with Gasteiger partial charge in [0.05, 0.1) is 12.0 Å². The summed E-state index contributed by atoms with van der Waals surface area (Å²) in [7, 11) is 0. The molecular weight excluding hydrogens is 183 g/mol. The van der Waals surface area contributed by atoms with Gasteiger partial charge in [0, 0.05) is 0 Å². The second kappa shape index (κ2) is 3.18. The van der Waals surface area contributed by atoms with E-state index >= 15 is 0 Å². The third-order valence-electron chi connectivity index (χ3n) is 2.48. The van der Waals surface area contributed by atoms with Gasteiger partial charge in [0.15, 0.2) is 5.60 Å². The van der Waals surface area contributed by atoms with Crippen molar-refractivity contribution in [3.05, 3.63) is 0 Å². The van der Waals surface area contributed by atoms with E-state index in [9.17, 15) is 18.3 Å².